The van der Waals surface area contributed by atoms with Crippen molar-refractivity contribution in [3.8, 4) is 22.8 Å². The molecule has 8 nitrogen and oxygen atoms in total. The molecule has 0 radical (unpaired) electrons. The summed E-state index contributed by atoms with van der Waals surface area (Å²) in [6, 6.07) is 11.9. The predicted molar refractivity (Wildman–Crippen MR) is 128 cm³/mol. The highest BCUT2D eigenvalue weighted by Gasteiger charge is 2.27. The van der Waals surface area contributed by atoms with Crippen LogP contribution in [-0.2, 0) is 9.53 Å². The zero-order valence-corrected chi connectivity index (χ0v) is 19.9. The number of hydrogen-bond donors (Lipinski definition) is 2. The average molecular weight is 468 g/mol. The number of benzene rings is 2. The minimum absolute atomic E-state index is 0.0231. The molecule has 0 unspecified atom stereocenters. The maximum absolute atomic E-state index is 12.9. The number of phenolic OH excluding ortho intramolecular Hbond substituents is 1. The molecule has 8 heteroatoms. The molecule has 34 heavy (non-hydrogen) atoms. The van der Waals surface area contributed by atoms with Gasteiger partial charge in [0.05, 0.1) is 0 Å². The molecule has 1 heterocycles. The molecule has 180 valence electrons. The monoisotopic (exact) mass is 467 g/mol. The maximum Gasteiger partial charge on any atom is 0.408 e. The fourth-order valence-corrected chi connectivity index (χ4v) is 3.37. The smallest absolute Gasteiger partial charge is 0.408 e. The van der Waals surface area contributed by atoms with E-state index >= 15 is 0 Å². The molecule has 3 aromatic rings. The number of rotatable bonds is 6. The van der Waals surface area contributed by atoms with Gasteiger partial charge in [0.2, 0.25) is 0 Å². The minimum atomic E-state index is -0.977. The summed E-state index contributed by atoms with van der Waals surface area (Å²) in [4.78, 5) is 37.7. The fourth-order valence-electron chi connectivity index (χ4n) is 3.37. The lowest BCUT2D eigenvalue weighted by Crippen LogP contribution is -2.45. The van der Waals surface area contributed by atoms with Crippen LogP contribution in [0.5, 0.6) is 11.5 Å². The Labute approximate surface area is 197 Å². The Morgan fingerprint density at radius 1 is 1.09 bits per heavy atom. The summed E-state index contributed by atoms with van der Waals surface area (Å²) in [6.07, 6.45) is -0.430. The largest absolute Gasteiger partial charge is 0.507 e. The predicted octanol–water partition coefficient (Wildman–Crippen LogP) is 5.01. The van der Waals surface area contributed by atoms with Gasteiger partial charge < -0.3 is 24.3 Å². The van der Waals surface area contributed by atoms with Crippen molar-refractivity contribution in [2.75, 3.05) is 0 Å². The van der Waals surface area contributed by atoms with Crippen LogP contribution in [0.3, 0.4) is 0 Å². The van der Waals surface area contributed by atoms with Gasteiger partial charge in [-0.1, -0.05) is 44.2 Å². The molecule has 0 bridgehead atoms. The normalized spacial score (nSPS) is 12.4. The van der Waals surface area contributed by atoms with Crippen LogP contribution in [0.25, 0.3) is 22.3 Å². The third-order valence-corrected chi connectivity index (χ3v) is 4.74. The Bertz CT molecular complexity index is 1240. The van der Waals surface area contributed by atoms with E-state index in [1.807, 2.05) is 32.0 Å². The number of alkyl carbamates (subject to hydrolysis) is 1. The Hall–Kier alpha value is -3.81. The Kier molecular flexibility index (Phi) is 7.29. The van der Waals surface area contributed by atoms with E-state index in [2.05, 4.69) is 5.32 Å². The lowest BCUT2D eigenvalue weighted by Gasteiger charge is -2.23. The summed E-state index contributed by atoms with van der Waals surface area (Å²) in [5.74, 6) is -0.758. The first-order chi connectivity index (χ1) is 15.9. The number of phenols is 1. The summed E-state index contributed by atoms with van der Waals surface area (Å²) in [5, 5.41) is 12.9. The number of hydrogen-bond acceptors (Lipinski definition) is 7. The molecule has 3 rings (SSSR count). The first kappa shape index (κ1) is 24.8. The summed E-state index contributed by atoms with van der Waals surface area (Å²) in [7, 11) is 0. The second kappa shape index (κ2) is 9.99. The standard InChI is InChI=1S/C26H29NO7/c1-15(2)11-18(27-25(31)34-26(3,4)5)24(30)32-17-12-19(28)23-20(29)14-21(33-22(23)13-17)16-9-7-6-8-10-16/h6-10,12-15,18,28H,11H2,1-5H3,(H,27,31)/t18-/m0/s1. The van der Waals surface area contributed by atoms with E-state index in [0.717, 1.165) is 0 Å². The Balaban J connectivity index is 1.90. The van der Waals surface area contributed by atoms with Crippen LogP contribution in [0, 0.1) is 5.92 Å². The van der Waals surface area contributed by atoms with Gasteiger partial charge in [-0.2, -0.15) is 0 Å². The molecule has 0 spiro atoms. The van der Waals surface area contributed by atoms with Crippen molar-refractivity contribution in [3.63, 3.8) is 0 Å². The first-order valence-corrected chi connectivity index (χ1v) is 11.0. The summed E-state index contributed by atoms with van der Waals surface area (Å²) >= 11 is 0. The molecule has 0 aliphatic carbocycles. The third-order valence-electron chi connectivity index (χ3n) is 4.74. The lowest BCUT2D eigenvalue weighted by atomic mass is 10.0. The van der Waals surface area contributed by atoms with Crippen LogP contribution >= 0.6 is 0 Å². The number of amides is 1. The average Bonchev–Trinajstić information content (AvgIpc) is 2.71. The zero-order valence-electron chi connectivity index (χ0n) is 19.9. The molecule has 2 aromatic carbocycles. The molecule has 0 saturated carbocycles. The molecule has 0 saturated heterocycles. The second-order valence-corrected chi connectivity index (χ2v) is 9.41. The highest BCUT2D eigenvalue weighted by atomic mass is 16.6. The number of ether oxygens (including phenoxy) is 2. The molecular weight excluding hydrogens is 438 g/mol. The Morgan fingerprint density at radius 2 is 1.76 bits per heavy atom. The number of carbonyl (C=O) groups is 2. The summed E-state index contributed by atoms with van der Waals surface area (Å²) in [5.41, 5.74) is -0.412. The number of fused-ring (bicyclic) bond motifs is 1. The number of aromatic hydroxyl groups is 1. The van der Waals surface area contributed by atoms with Crippen LogP contribution < -0.4 is 15.5 Å². The van der Waals surface area contributed by atoms with Crippen molar-refractivity contribution in [1.82, 2.24) is 5.32 Å². The SMILES string of the molecule is CC(C)C[C@H](NC(=O)OC(C)(C)C)C(=O)Oc1cc(O)c2c(=O)cc(-c3ccccc3)oc2c1. The van der Waals surface area contributed by atoms with E-state index in [4.69, 9.17) is 13.9 Å². The van der Waals surface area contributed by atoms with Gasteiger partial charge in [-0.05, 0) is 33.1 Å². The van der Waals surface area contributed by atoms with Crippen molar-refractivity contribution >= 4 is 23.0 Å². The van der Waals surface area contributed by atoms with Crippen molar-refractivity contribution in [2.45, 2.75) is 52.7 Å². The van der Waals surface area contributed by atoms with Crippen molar-refractivity contribution in [3.05, 3.63) is 58.8 Å². The van der Waals surface area contributed by atoms with Gasteiger partial charge in [0.1, 0.15) is 39.9 Å². The summed E-state index contributed by atoms with van der Waals surface area (Å²) in [6.45, 7) is 8.96. The third kappa shape index (κ3) is 6.37. The highest BCUT2D eigenvalue weighted by Crippen LogP contribution is 2.31. The van der Waals surface area contributed by atoms with Crippen LogP contribution in [-0.4, -0.2) is 28.8 Å². The van der Waals surface area contributed by atoms with E-state index in [-0.39, 0.29) is 28.4 Å². The number of nitrogens with one attached hydrogen (secondary N) is 1. The van der Waals surface area contributed by atoms with Gasteiger partial charge in [0.15, 0.2) is 5.43 Å². The molecule has 2 N–H and O–H groups in total. The summed E-state index contributed by atoms with van der Waals surface area (Å²) < 4.78 is 16.5. The van der Waals surface area contributed by atoms with Gasteiger partial charge >= 0.3 is 12.1 Å². The number of carbonyl (C=O) groups excluding carboxylic acids is 2. The molecule has 0 fully saturated rings. The van der Waals surface area contributed by atoms with Crippen LogP contribution in [0.15, 0.2) is 57.7 Å². The second-order valence-electron chi connectivity index (χ2n) is 9.41. The molecule has 0 aliphatic heterocycles. The van der Waals surface area contributed by atoms with Gasteiger partial charge in [-0.15, -0.1) is 0 Å². The van der Waals surface area contributed by atoms with Gasteiger partial charge in [-0.25, -0.2) is 9.59 Å². The maximum atomic E-state index is 12.9. The number of esters is 1. The molecular formula is C26H29NO7. The van der Waals surface area contributed by atoms with Crippen LogP contribution in [0.4, 0.5) is 4.79 Å². The van der Waals surface area contributed by atoms with Crippen molar-refractivity contribution in [2.24, 2.45) is 5.92 Å². The van der Waals surface area contributed by atoms with E-state index in [0.29, 0.717) is 17.7 Å². The van der Waals surface area contributed by atoms with Gasteiger partial charge in [-0.3, -0.25) is 4.79 Å². The van der Waals surface area contributed by atoms with Gasteiger partial charge in [0, 0.05) is 23.8 Å². The fraction of sp³-hybridized carbons (Fsp3) is 0.346. The molecule has 0 aliphatic rings. The molecule has 1 atom stereocenters. The zero-order chi connectivity index (χ0) is 25.0. The highest BCUT2D eigenvalue weighted by molar-refractivity contribution is 5.88. The van der Waals surface area contributed by atoms with Crippen LogP contribution in [0.1, 0.15) is 41.0 Å². The Morgan fingerprint density at radius 3 is 2.38 bits per heavy atom. The van der Waals surface area contributed by atoms with Crippen LogP contribution in [0.2, 0.25) is 0 Å². The molecule has 1 aromatic heterocycles. The first-order valence-electron chi connectivity index (χ1n) is 11.0. The van der Waals surface area contributed by atoms with E-state index < -0.39 is 29.1 Å². The van der Waals surface area contributed by atoms with Gasteiger partial charge in [0.25, 0.3) is 0 Å². The van der Waals surface area contributed by atoms with Crippen molar-refractivity contribution < 1.29 is 28.6 Å². The quantitative estimate of drug-likeness (QED) is 0.387. The van der Waals surface area contributed by atoms with E-state index in [1.54, 1.807) is 32.9 Å². The van der Waals surface area contributed by atoms with Crippen molar-refractivity contribution in [1.29, 1.82) is 0 Å². The van der Waals surface area contributed by atoms with E-state index in [1.165, 1.54) is 18.2 Å². The minimum Gasteiger partial charge on any atom is -0.507 e. The lowest BCUT2D eigenvalue weighted by molar-refractivity contribution is -0.137. The molecule has 1 amide bonds. The topological polar surface area (TPSA) is 115 Å². The van der Waals surface area contributed by atoms with E-state index in [9.17, 15) is 19.5 Å².